The van der Waals surface area contributed by atoms with Crippen LogP contribution in [0.4, 0.5) is 0 Å². The molecule has 1 aliphatic heterocycles. The minimum atomic E-state index is -0.848. The Morgan fingerprint density at radius 2 is 1.95 bits per heavy atom. The first-order valence-corrected chi connectivity index (χ1v) is 7.61. The van der Waals surface area contributed by atoms with Crippen LogP contribution in [0.25, 0.3) is 0 Å². The van der Waals surface area contributed by atoms with Crippen molar-refractivity contribution in [3.63, 3.8) is 0 Å². The molecule has 0 aliphatic carbocycles. The summed E-state index contributed by atoms with van der Waals surface area (Å²) in [6.45, 7) is 4.25. The topological polar surface area (TPSA) is 66.8 Å². The van der Waals surface area contributed by atoms with Crippen molar-refractivity contribution in [1.29, 1.82) is 0 Å². The van der Waals surface area contributed by atoms with Gasteiger partial charge in [-0.3, -0.25) is 9.59 Å². The summed E-state index contributed by atoms with van der Waals surface area (Å²) in [6.07, 6.45) is -0.633. The Bertz CT molecular complexity index is 531. The summed E-state index contributed by atoms with van der Waals surface area (Å²) < 4.78 is 6.55. The molecule has 1 amide bonds. The van der Waals surface area contributed by atoms with Gasteiger partial charge < -0.3 is 14.7 Å². The van der Waals surface area contributed by atoms with E-state index in [4.69, 9.17) is 9.84 Å². The van der Waals surface area contributed by atoms with Gasteiger partial charge in [-0.25, -0.2) is 0 Å². The van der Waals surface area contributed by atoms with E-state index in [1.54, 1.807) is 24.0 Å². The van der Waals surface area contributed by atoms with E-state index in [0.717, 1.165) is 4.47 Å². The molecule has 114 valence electrons. The third kappa shape index (κ3) is 3.75. The molecule has 0 spiro atoms. The Morgan fingerprint density at radius 1 is 1.33 bits per heavy atom. The molecule has 6 heteroatoms. The van der Waals surface area contributed by atoms with Gasteiger partial charge in [0.15, 0.2) is 6.10 Å². The maximum atomic E-state index is 12.3. The molecule has 0 saturated carbocycles. The SMILES string of the molecule is CC(Oc1ccc(Br)cc1)C(=O)N1CC(C)C(C(=O)O)C1. The van der Waals surface area contributed by atoms with Gasteiger partial charge >= 0.3 is 5.97 Å². The molecule has 21 heavy (non-hydrogen) atoms. The van der Waals surface area contributed by atoms with Gasteiger partial charge in [0.1, 0.15) is 5.75 Å². The molecule has 1 saturated heterocycles. The number of likely N-dealkylation sites (tertiary alicyclic amines) is 1. The van der Waals surface area contributed by atoms with E-state index in [0.29, 0.717) is 12.3 Å². The molecule has 1 aliphatic rings. The zero-order valence-corrected chi connectivity index (χ0v) is 13.5. The predicted molar refractivity (Wildman–Crippen MR) is 81.1 cm³/mol. The van der Waals surface area contributed by atoms with Gasteiger partial charge in [-0.2, -0.15) is 0 Å². The van der Waals surface area contributed by atoms with Gasteiger partial charge in [-0.05, 0) is 37.1 Å². The molecule has 1 fully saturated rings. The highest BCUT2D eigenvalue weighted by atomic mass is 79.9. The Labute approximate surface area is 132 Å². The van der Waals surface area contributed by atoms with Gasteiger partial charge in [-0.1, -0.05) is 22.9 Å². The number of nitrogens with zero attached hydrogens (tertiary/aromatic N) is 1. The van der Waals surface area contributed by atoms with E-state index < -0.39 is 18.0 Å². The first kappa shape index (κ1) is 15.8. The number of benzene rings is 1. The van der Waals surface area contributed by atoms with E-state index in [1.165, 1.54) is 0 Å². The average Bonchev–Trinajstić information content (AvgIpc) is 2.82. The van der Waals surface area contributed by atoms with Gasteiger partial charge in [-0.15, -0.1) is 0 Å². The Balaban J connectivity index is 1.97. The van der Waals surface area contributed by atoms with Crippen molar-refractivity contribution >= 4 is 27.8 Å². The Kier molecular flexibility index (Phi) is 4.88. The fraction of sp³-hybridized carbons (Fsp3) is 0.467. The van der Waals surface area contributed by atoms with Crippen LogP contribution in [0.15, 0.2) is 28.7 Å². The summed E-state index contributed by atoms with van der Waals surface area (Å²) in [7, 11) is 0. The van der Waals surface area contributed by atoms with Crippen LogP contribution in [0.3, 0.4) is 0 Å². The molecule has 1 aromatic rings. The average molecular weight is 356 g/mol. The summed E-state index contributed by atoms with van der Waals surface area (Å²) >= 11 is 3.33. The van der Waals surface area contributed by atoms with Crippen molar-refractivity contribution < 1.29 is 19.4 Å². The standard InChI is InChI=1S/C15H18BrNO4/c1-9-7-17(8-13(9)15(19)20)14(18)10(2)21-12-5-3-11(16)4-6-12/h3-6,9-10,13H,7-8H2,1-2H3,(H,19,20). The largest absolute Gasteiger partial charge is 0.481 e. The predicted octanol–water partition coefficient (Wildman–Crippen LogP) is 2.40. The van der Waals surface area contributed by atoms with Crippen LogP contribution in [0.1, 0.15) is 13.8 Å². The minimum Gasteiger partial charge on any atom is -0.481 e. The maximum Gasteiger partial charge on any atom is 0.308 e. The number of aliphatic carboxylic acids is 1. The number of rotatable bonds is 4. The molecular weight excluding hydrogens is 338 g/mol. The number of carbonyl (C=O) groups excluding carboxylic acids is 1. The molecule has 3 unspecified atom stereocenters. The van der Waals surface area contributed by atoms with E-state index in [2.05, 4.69) is 15.9 Å². The van der Waals surface area contributed by atoms with Crippen LogP contribution in [-0.4, -0.2) is 41.1 Å². The second-order valence-electron chi connectivity index (χ2n) is 5.38. The zero-order valence-electron chi connectivity index (χ0n) is 12.0. The number of carbonyl (C=O) groups is 2. The lowest BCUT2D eigenvalue weighted by atomic mass is 9.99. The van der Waals surface area contributed by atoms with Crippen molar-refractivity contribution in [2.75, 3.05) is 13.1 Å². The summed E-state index contributed by atoms with van der Waals surface area (Å²) in [5, 5.41) is 9.11. The first-order valence-electron chi connectivity index (χ1n) is 6.82. The Morgan fingerprint density at radius 3 is 2.48 bits per heavy atom. The molecule has 2 rings (SSSR count). The molecule has 0 radical (unpaired) electrons. The second kappa shape index (κ2) is 6.47. The molecule has 0 aromatic heterocycles. The van der Waals surface area contributed by atoms with E-state index in [9.17, 15) is 9.59 Å². The third-order valence-corrected chi connectivity index (χ3v) is 4.24. The van der Waals surface area contributed by atoms with E-state index >= 15 is 0 Å². The summed E-state index contributed by atoms with van der Waals surface area (Å²) in [4.78, 5) is 25.0. The number of ether oxygens (including phenoxy) is 1. The van der Waals surface area contributed by atoms with E-state index in [1.807, 2.05) is 19.1 Å². The van der Waals surface area contributed by atoms with Crippen molar-refractivity contribution in [2.45, 2.75) is 20.0 Å². The summed E-state index contributed by atoms with van der Waals surface area (Å²) in [5.41, 5.74) is 0. The molecular formula is C15H18BrNO4. The second-order valence-corrected chi connectivity index (χ2v) is 6.29. The lowest BCUT2D eigenvalue weighted by Gasteiger charge is -2.21. The lowest BCUT2D eigenvalue weighted by Crippen LogP contribution is -2.39. The van der Waals surface area contributed by atoms with Crippen molar-refractivity contribution in [3.05, 3.63) is 28.7 Å². The van der Waals surface area contributed by atoms with Crippen LogP contribution < -0.4 is 4.74 Å². The molecule has 3 atom stereocenters. The fourth-order valence-electron chi connectivity index (χ4n) is 2.49. The summed E-state index contributed by atoms with van der Waals surface area (Å²) in [5.74, 6) is -0.936. The third-order valence-electron chi connectivity index (χ3n) is 3.72. The lowest BCUT2D eigenvalue weighted by molar-refractivity contribution is -0.142. The zero-order chi connectivity index (χ0) is 15.6. The van der Waals surface area contributed by atoms with Crippen molar-refractivity contribution in [1.82, 2.24) is 4.90 Å². The number of carboxylic acids is 1. The molecule has 5 nitrogen and oxygen atoms in total. The van der Waals surface area contributed by atoms with Crippen LogP contribution in [0.5, 0.6) is 5.75 Å². The summed E-state index contributed by atoms with van der Waals surface area (Å²) in [6, 6.07) is 7.23. The highest BCUT2D eigenvalue weighted by molar-refractivity contribution is 9.10. The monoisotopic (exact) mass is 355 g/mol. The van der Waals surface area contributed by atoms with Crippen molar-refractivity contribution in [3.8, 4) is 5.75 Å². The highest BCUT2D eigenvalue weighted by Crippen LogP contribution is 2.24. The van der Waals surface area contributed by atoms with Gasteiger partial charge in [0, 0.05) is 17.6 Å². The van der Waals surface area contributed by atoms with Crippen molar-refractivity contribution in [2.24, 2.45) is 11.8 Å². The molecule has 0 bridgehead atoms. The number of carboxylic acid groups (broad SMARTS) is 1. The fourth-order valence-corrected chi connectivity index (χ4v) is 2.76. The molecule has 1 aromatic carbocycles. The van der Waals surface area contributed by atoms with E-state index in [-0.39, 0.29) is 18.4 Å². The van der Waals surface area contributed by atoms with Crippen LogP contribution in [-0.2, 0) is 9.59 Å². The quantitative estimate of drug-likeness (QED) is 0.900. The maximum absolute atomic E-state index is 12.3. The number of amides is 1. The van der Waals surface area contributed by atoms with Crippen LogP contribution in [0, 0.1) is 11.8 Å². The number of hydrogen-bond acceptors (Lipinski definition) is 3. The molecule has 1 N–H and O–H groups in total. The highest BCUT2D eigenvalue weighted by Gasteiger charge is 2.38. The molecule has 1 heterocycles. The first-order chi connectivity index (χ1) is 9.88. The Hall–Kier alpha value is -1.56. The van der Waals surface area contributed by atoms with Gasteiger partial charge in [0.25, 0.3) is 5.91 Å². The van der Waals surface area contributed by atoms with Crippen LogP contribution in [0.2, 0.25) is 0 Å². The van der Waals surface area contributed by atoms with Crippen LogP contribution >= 0.6 is 15.9 Å². The van der Waals surface area contributed by atoms with Gasteiger partial charge in [0.2, 0.25) is 0 Å². The number of hydrogen-bond donors (Lipinski definition) is 1. The normalized spacial score (nSPS) is 22.9. The minimum absolute atomic E-state index is 0.0358. The smallest absolute Gasteiger partial charge is 0.308 e. The number of halogens is 1. The van der Waals surface area contributed by atoms with Gasteiger partial charge in [0.05, 0.1) is 5.92 Å².